The lowest BCUT2D eigenvalue weighted by Crippen LogP contribution is -2.05. The smallest absolute Gasteiger partial charge is 0.387 e. The van der Waals surface area contributed by atoms with Gasteiger partial charge >= 0.3 is 6.61 Å². The molecule has 3 aromatic rings. The van der Waals surface area contributed by atoms with Crippen LogP contribution in [0.5, 0.6) is 11.5 Å². The quantitative estimate of drug-likeness (QED) is 0.415. The highest BCUT2D eigenvalue weighted by atomic mass is 19.3. The fourth-order valence-corrected chi connectivity index (χ4v) is 3.11. The zero-order valence-electron chi connectivity index (χ0n) is 16.2. The summed E-state index contributed by atoms with van der Waals surface area (Å²) in [7, 11) is 1.36. The number of methoxy groups -OCH3 is 1. The van der Waals surface area contributed by atoms with Crippen LogP contribution in [0.1, 0.15) is 27.3 Å². The molecule has 0 fully saturated rings. The van der Waals surface area contributed by atoms with Crippen molar-refractivity contribution >= 4 is 11.9 Å². The molecule has 0 radical (unpaired) electrons. The third-order valence-corrected chi connectivity index (χ3v) is 4.39. The number of aryl methyl sites for hydroxylation is 1. The lowest BCUT2D eigenvalue weighted by molar-refractivity contribution is -0.0513. The summed E-state index contributed by atoms with van der Waals surface area (Å²) in [6, 6.07) is 14.2. The summed E-state index contributed by atoms with van der Waals surface area (Å²) in [5.74, 6) is -0.250. The molecule has 0 aliphatic carbocycles. The predicted octanol–water partition coefficient (Wildman–Crippen LogP) is 5.00. The molecule has 3 rings (SSSR count). The fourth-order valence-electron chi connectivity index (χ4n) is 3.11. The maximum atomic E-state index is 12.8. The average molecular weight is 398 g/mol. The van der Waals surface area contributed by atoms with Crippen LogP contribution in [-0.4, -0.2) is 29.3 Å². The number of hydrogen-bond donors (Lipinski definition) is 0. The van der Waals surface area contributed by atoms with E-state index in [4.69, 9.17) is 4.74 Å². The first-order chi connectivity index (χ1) is 13.9. The van der Waals surface area contributed by atoms with Gasteiger partial charge in [0, 0.05) is 5.56 Å². The molecule has 0 unspecified atom stereocenters. The SMILES string of the molecule is COc1cccc(/C=C/C(=O)c2c(C)nn(-c3ccccc3)c2C)c1OC(F)F. The minimum atomic E-state index is -3.01. The maximum Gasteiger partial charge on any atom is 0.387 e. The predicted molar refractivity (Wildman–Crippen MR) is 106 cm³/mol. The molecule has 0 aliphatic heterocycles. The first-order valence-corrected chi connectivity index (χ1v) is 8.88. The van der Waals surface area contributed by atoms with Gasteiger partial charge in [0.25, 0.3) is 0 Å². The average Bonchev–Trinajstić information content (AvgIpc) is 3.01. The molecule has 5 nitrogen and oxygen atoms in total. The van der Waals surface area contributed by atoms with E-state index >= 15 is 0 Å². The van der Waals surface area contributed by atoms with Gasteiger partial charge in [0.15, 0.2) is 17.3 Å². The minimum Gasteiger partial charge on any atom is -0.493 e. The lowest BCUT2D eigenvalue weighted by Gasteiger charge is -2.12. The summed E-state index contributed by atoms with van der Waals surface area (Å²) in [6.07, 6.45) is 2.75. The van der Waals surface area contributed by atoms with Crippen LogP contribution < -0.4 is 9.47 Å². The first-order valence-electron chi connectivity index (χ1n) is 8.88. The van der Waals surface area contributed by atoms with E-state index in [2.05, 4.69) is 9.84 Å². The summed E-state index contributed by atoms with van der Waals surface area (Å²) in [4.78, 5) is 12.8. The summed E-state index contributed by atoms with van der Waals surface area (Å²) in [5.41, 5.74) is 2.89. The van der Waals surface area contributed by atoms with Crippen molar-refractivity contribution in [3.05, 3.63) is 77.1 Å². The summed E-state index contributed by atoms with van der Waals surface area (Å²) >= 11 is 0. The number of rotatable bonds is 7. The number of allylic oxidation sites excluding steroid dienone is 1. The molecule has 0 saturated carbocycles. The zero-order valence-corrected chi connectivity index (χ0v) is 16.2. The molecule has 1 aromatic heterocycles. The van der Waals surface area contributed by atoms with Gasteiger partial charge in [-0.25, -0.2) is 4.68 Å². The van der Waals surface area contributed by atoms with Crippen molar-refractivity contribution in [2.45, 2.75) is 20.5 Å². The molecular weight excluding hydrogens is 378 g/mol. The maximum absolute atomic E-state index is 12.8. The normalized spacial score (nSPS) is 11.2. The highest BCUT2D eigenvalue weighted by Gasteiger charge is 2.18. The third kappa shape index (κ3) is 4.34. The van der Waals surface area contributed by atoms with E-state index in [0.29, 0.717) is 22.5 Å². The molecule has 0 atom stereocenters. The van der Waals surface area contributed by atoms with Gasteiger partial charge in [0.2, 0.25) is 0 Å². The van der Waals surface area contributed by atoms with Crippen LogP contribution in [-0.2, 0) is 0 Å². The van der Waals surface area contributed by atoms with Gasteiger partial charge in [-0.1, -0.05) is 30.3 Å². The number of alkyl halides is 2. The number of halogens is 2. The van der Waals surface area contributed by atoms with Crippen LogP contribution in [0.15, 0.2) is 54.6 Å². The molecule has 0 bridgehead atoms. The van der Waals surface area contributed by atoms with Crippen LogP contribution in [0, 0.1) is 13.8 Å². The number of ketones is 1. The monoisotopic (exact) mass is 398 g/mol. The molecule has 150 valence electrons. The van der Waals surface area contributed by atoms with Crippen LogP contribution in [0.25, 0.3) is 11.8 Å². The van der Waals surface area contributed by atoms with E-state index < -0.39 is 6.61 Å². The number of carbonyl (C=O) groups excluding carboxylic acids is 1. The highest BCUT2D eigenvalue weighted by Crippen LogP contribution is 2.33. The van der Waals surface area contributed by atoms with Gasteiger partial charge in [0.1, 0.15) is 0 Å². The van der Waals surface area contributed by atoms with Crippen molar-refractivity contribution in [3.8, 4) is 17.2 Å². The topological polar surface area (TPSA) is 53.3 Å². The van der Waals surface area contributed by atoms with E-state index in [-0.39, 0.29) is 17.3 Å². The van der Waals surface area contributed by atoms with Crippen LogP contribution in [0.3, 0.4) is 0 Å². The van der Waals surface area contributed by atoms with E-state index in [1.165, 1.54) is 25.3 Å². The summed E-state index contributed by atoms with van der Waals surface area (Å²) in [5, 5.41) is 4.46. The first kappa shape index (κ1) is 20.3. The number of ether oxygens (including phenoxy) is 2. The van der Waals surface area contributed by atoms with Crippen molar-refractivity contribution in [2.24, 2.45) is 0 Å². The third-order valence-electron chi connectivity index (χ3n) is 4.39. The summed E-state index contributed by atoms with van der Waals surface area (Å²) < 4.78 is 36.9. The number of hydrogen-bond acceptors (Lipinski definition) is 4. The van der Waals surface area contributed by atoms with Crippen molar-refractivity contribution in [2.75, 3.05) is 7.11 Å². The molecule has 29 heavy (non-hydrogen) atoms. The molecule has 0 saturated heterocycles. The molecule has 0 amide bonds. The standard InChI is InChI=1S/C22H20F2N2O3/c1-14-20(15(2)26(25-14)17-9-5-4-6-10-17)18(27)13-12-16-8-7-11-19(28-3)21(16)29-22(23)24/h4-13,22H,1-3H3/b13-12+. The van der Waals surface area contributed by atoms with Crippen molar-refractivity contribution < 1.29 is 23.0 Å². The molecule has 7 heteroatoms. The Hall–Kier alpha value is -3.48. The Bertz CT molecular complexity index is 1040. The fraction of sp³-hybridized carbons (Fsp3) is 0.182. The Morgan fingerprint density at radius 1 is 1.10 bits per heavy atom. The molecule has 0 N–H and O–H groups in total. The van der Waals surface area contributed by atoms with Crippen LogP contribution >= 0.6 is 0 Å². The molecule has 1 heterocycles. The molecule has 0 spiro atoms. The molecular formula is C22H20F2N2O3. The Morgan fingerprint density at radius 2 is 1.83 bits per heavy atom. The highest BCUT2D eigenvalue weighted by molar-refractivity contribution is 6.08. The lowest BCUT2D eigenvalue weighted by atomic mass is 10.1. The number of carbonyl (C=O) groups is 1. The van der Waals surface area contributed by atoms with E-state index in [9.17, 15) is 13.6 Å². The van der Waals surface area contributed by atoms with Crippen LogP contribution in [0.2, 0.25) is 0 Å². The van der Waals surface area contributed by atoms with Crippen molar-refractivity contribution in [3.63, 3.8) is 0 Å². The minimum absolute atomic E-state index is 0.123. The number of para-hydroxylation sites is 2. The van der Waals surface area contributed by atoms with Gasteiger partial charge < -0.3 is 9.47 Å². The van der Waals surface area contributed by atoms with E-state index in [0.717, 1.165) is 5.69 Å². The van der Waals surface area contributed by atoms with E-state index in [1.54, 1.807) is 23.7 Å². The van der Waals surface area contributed by atoms with Crippen molar-refractivity contribution in [1.82, 2.24) is 9.78 Å². The molecule has 0 aliphatic rings. The zero-order chi connectivity index (χ0) is 21.0. The van der Waals surface area contributed by atoms with Crippen LogP contribution in [0.4, 0.5) is 8.78 Å². The second-order valence-corrected chi connectivity index (χ2v) is 6.25. The largest absolute Gasteiger partial charge is 0.493 e. The van der Waals surface area contributed by atoms with Gasteiger partial charge in [-0.3, -0.25) is 4.79 Å². The Balaban J connectivity index is 1.94. The van der Waals surface area contributed by atoms with Crippen molar-refractivity contribution in [1.29, 1.82) is 0 Å². The Kier molecular flexibility index (Phi) is 6.07. The van der Waals surface area contributed by atoms with Gasteiger partial charge in [-0.2, -0.15) is 13.9 Å². The van der Waals surface area contributed by atoms with Gasteiger partial charge in [-0.15, -0.1) is 0 Å². The number of benzene rings is 2. The number of nitrogens with zero attached hydrogens (tertiary/aromatic N) is 2. The van der Waals surface area contributed by atoms with Gasteiger partial charge in [-0.05, 0) is 44.2 Å². The second-order valence-electron chi connectivity index (χ2n) is 6.25. The second kappa shape index (κ2) is 8.68. The number of aromatic nitrogens is 2. The Labute approximate surface area is 167 Å². The summed E-state index contributed by atoms with van der Waals surface area (Å²) in [6.45, 7) is 0.553. The van der Waals surface area contributed by atoms with E-state index in [1.807, 2.05) is 37.3 Å². The Morgan fingerprint density at radius 3 is 2.48 bits per heavy atom. The van der Waals surface area contributed by atoms with Gasteiger partial charge in [0.05, 0.1) is 29.7 Å². The molecule has 2 aromatic carbocycles.